The molecule has 1 aliphatic heterocycles. The van der Waals surface area contributed by atoms with Crippen LogP contribution < -0.4 is 0 Å². The van der Waals surface area contributed by atoms with Crippen LogP contribution in [0.2, 0.25) is 0 Å². The highest BCUT2D eigenvalue weighted by atomic mass is 16.5. The van der Waals surface area contributed by atoms with Crippen molar-refractivity contribution >= 4 is 0 Å². The van der Waals surface area contributed by atoms with Crippen molar-refractivity contribution < 1.29 is 4.74 Å². The molecule has 1 fully saturated rings. The van der Waals surface area contributed by atoms with Gasteiger partial charge in [-0.15, -0.1) is 0 Å². The summed E-state index contributed by atoms with van der Waals surface area (Å²) in [7, 11) is 2.16. The second-order valence-electron chi connectivity index (χ2n) is 5.46. The molecule has 1 atom stereocenters. The second kappa shape index (κ2) is 5.65. The molecule has 1 aromatic carbocycles. The van der Waals surface area contributed by atoms with Crippen LogP contribution in [0.5, 0.6) is 0 Å². The summed E-state index contributed by atoms with van der Waals surface area (Å²) in [5, 5.41) is 0. The van der Waals surface area contributed by atoms with Crippen LogP contribution in [-0.2, 0) is 11.2 Å². The summed E-state index contributed by atoms with van der Waals surface area (Å²) >= 11 is 0. The van der Waals surface area contributed by atoms with Crippen LogP contribution >= 0.6 is 0 Å². The van der Waals surface area contributed by atoms with E-state index in [1.807, 2.05) is 0 Å². The molecule has 0 aliphatic carbocycles. The first-order chi connectivity index (χ1) is 8.15. The quantitative estimate of drug-likeness (QED) is 0.796. The van der Waals surface area contributed by atoms with Gasteiger partial charge in [-0.1, -0.05) is 38.1 Å². The van der Waals surface area contributed by atoms with Crippen LogP contribution in [0.3, 0.4) is 0 Å². The van der Waals surface area contributed by atoms with Gasteiger partial charge >= 0.3 is 0 Å². The minimum absolute atomic E-state index is 0.252. The fourth-order valence-corrected chi connectivity index (χ4v) is 2.32. The zero-order chi connectivity index (χ0) is 12.3. The lowest BCUT2D eigenvalue weighted by Gasteiger charge is -2.30. The molecular weight excluding hydrogens is 210 g/mol. The molecule has 2 nitrogen and oxygen atoms in total. The number of morpholine rings is 1. The van der Waals surface area contributed by atoms with E-state index in [0.29, 0.717) is 0 Å². The molecule has 2 rings (SSSR count). The van der Waals surface area contributed by atoms with Gasteiger partial charge in [-0.25, -0.2) is 0 Å². The molecule has 0 bridgehead atoms. The molecule has 1 heterocycles. The van der Waals surface area contributed by atoms with Gasteiger partial charge in [-0.2, -0.15) is 0 Å². The summed E-state index contributed by atoms with van der Waals surface area (Å²) in [4.78, 5) is 2.33. The average molecular weight is 233 g/mol. The summed E-state index contributed by atoms with van der Waals surface area (Å²) in [5.74, 6) is 0.720. The molecule has 2 heteroatoms. The smallest absolute Gasteiger partial charge is 0.0952 e. The van der Waals surface area contributed by atoms with Gasteiger partial charge in [-0.3, -0.25) is 0 Å². The molecule has 0 aromatic heterocycles. The third kappa shape index (κ3) is 3.55. The summed E-state index contributed by atoms with van der Waals surface area (Å²) in [6.45, 7) is 7.40. The summed E-state index contributed by atoms with van der Waals surface area (Å²) in [5.41, 5.74) is 2.73. The van der Waals surface area contributed by atoms with Crippen LogP contribution in [-0.4, -0.2) is 31.6 Å². The lowest BCUT2D eigenvalue weighted by molar-refractivity contribution is -0.0209. The number of hydrogen-bond donors (Lipinski definition) is 0. The third-order valence-corrected chi connectivity index (χ3v) is 3.26. The van der Waals surface area contributed by atoms with E-state index < -0.39 is 0 Å². The Morgan fingerprint density at radius 2 is 2.00 bits per heavy atom. The van der Waals surface area contributed by atoms with Crippen LogP contribution in [0.25, 0.3) is 0 Å². The van der Waals surface area contributed by atoms with E-state index in [0.717, 1.165) is 32.0 Å². The van der Waals surface area contributed by atoms with E-state index in [1.165, 1.54) is 11.1 Å². The first-order valence-electron chi connectivity index (χ1n) is 6.54. The molecule has 0 N–H and O–H groups in total. The van der Waals surface area contributed by atoms with E-state index in [4.69, 9.17) is 4.74 Å². The van der Waals surface area contributed by atoms with E-state index >= 15 is 0 Å². The van der Waals surface area contributed by atoms with Crippen molar-refractivity contribution in [1.82, 2.24) is 4.90 Å². The monoisotopic (exact) mass is 233 g/mol. The topological polar surface area (TPSA) is 12.5 Å². The highest BCUT2D eigenvalue weighted by Gasteiger charge is 2.19. The highest BCUT2D eigenvalue weighted by Crippen LogP contribution is 2.22. The standard InChI is InChI=1S/C15H23NO/c1-12(2)10-13-4-6-14(7-5-13)15-11-16(3)8-9-17-15/h4-7,12,15H,8-11H2,1-3H3. The summed E-state index contributed by atoms with van der Waals surface area (Å²) < 4.78 is 5.81. The molecule has 17 heavy (non-hydrogen) atoms. The molecule has 0 amide bonds. The van der Waals surface area contributed by atoms with Crippen molar-refractivity contribution in [3.8, 4) is 0 Å². The molecule has 94 valence electrons. The van der Waals surface area contributed by atoms with Crippen molar-refractivity contribution in [2.75, 3.05) is 26.7 Å². The van der Waals surface area contributed by atoms with Gasteiger partial charge in [-0.05, 0) is 30.5 Å². The van der Waals surface area contributed by atoms with Crippen molar-refractivity contribution in [1.29, 1.82) is 0 Å². The van der Waals surface area contributed by atoms with E-state index in [1.54, 1.807) is 0 Å². The lowest BCUT2D eigenvalue weighted by Crippen LogP contribution is -2.35. The van der Waals surface area contributed by atoms with Crippen molar-refractivity contribution in [3.63, 3.8) is 0 Å². The number of nitrogens with zero attached hydrogens (tertiary/aromatic N) is 1. The first kappa shape index (κ1) is 12.6. The van der Waals surface area contributed by atoms with Crippen molar-refractivity contribution in [2.45, 2.75) is 26.4 Å². The zero-order valence-electron chi connectivity index (χ0n) is 11.1. The molecule has 0 spiro atoms. The minimum Gasteiger partial charge on any atom is -0.371 e. The Hall–Kier alpha value is -0.860. The van der Waals surface area contributed by atoms with Crippen LogP contribution in [0, 0.1) is 5.92 Å². The molecule has 0 saturated carbocycles. The predicted octanol–water partition coefficient (Wildman–Crippen LogP) is 2.89. The SMILES string of the molecule is CC(C)Cc1ccc(C2CN(C)CCO2)cc1. The van der Waals surface area contributed by atoms with Gasteiger partial charge in [0.1, 0.15) is 0 Å². The number of rotatable bonds is 3. The fraction of sp³-hybridized carbons (Fsp3) is 0.600. The Bertz CT molecular complexity index is 344. The highest BCUT2D eigenvalue weighted by molar-refractivity contribution is 5.25. The van der Waals surface area contributed by atoms with Gasteiger partial charge in [0.25, 0.3) is 0 Å². The molecular formula is C15H23NO. The van der Waals surface area contributed by atoms with Crippen molar-refractivity contribution in [2.24, 2.45) is 5.92 Å². The van der Waals surface area contributed by atoms with Gasteiger partial charge in [0.15, 0.2) is 0 Å². The van der Waals surface area contributed by atoms with Crippen LogP contribution in [0.15, 0.2) is 24.3 Å². The Morgan fingerprint density at radius 1 is 1.29 bits per heavy atom. The van der Waals surface area contributed by atoms with Gasteiger partial charge in [0.2, 0.25) is 0 Å². The van der Waals surface area contributed by atoms with Gasteiger partial charge in [0, 0.05) is 13.1 Å². The fourth-order valence-electron chi connectivity index (χ4n) is 2.32. The Kier molecular flexibility index (Phi) is 4.19. The summed E-state index contributed by atoms with van der Waals surface area (Å²) in [6, 6.07) is 8.93. The molecule has 0 radical (unpaired) electrons. The van der Waals surface area contributed by atoms with Gasteiger partial charge < -0.3 is 9.64 Å². The largest absolute Gasteiger partial charge is 0.371 e. The van der Waals surface area contributed by atoms with E-state index in [2.05, 4.69) is 50.1 Å². The number of likely N-dealkylation sites (N-methyl/N-ethyl adjacent to an activating group) is 1. The second-order valence-corrected chi connectivity index (χ2v) is 5.46. The van der Waals surface area contributed by atoms with Crippen LogP contribution in [0.4, 0.5) is 0 Å². The van der Waals surface area contributed by atoms with Crippen LogP contribution in [0.1, 0.15) is 31.1 Å². The summed E-state index contributed by atoms with van der Waals surface area (Å²) in [6.07, 6.45) is 1.41. The van der Waals surface area contributed by atoms with E-state index in [9.17, 15) is 0 Å². The first-order valence-corrected chi connectivity index (χ1v) is 6.54. The molecule has 1 aromatic rings. The van der Waals surface area contributed by atoms with Gasteiger partial charge in [0.05, 0.1) is 12.7 Å². The molecule has 1 unspecified atom stereocenters. The number of benzene rings is 1. The predicted molar refractivity (Wildman–Crippen MR) is 71.2 cm³/mol. The van der Waals surface area contributed by atoms with E-state index in [-0.39, 0.29) is 6.10 Å². The maximum absolute atomic E-state index is 5.81. The zero-order valence-corrected chi connectivity index (χ0v) is 11.1. The maximum Gasteiger partial charge on any atom is 0.0952 e. The Balaban J connectivity index is 2.01. The number of ether oxygens (including phenoxy) is 1. The average Bonchev–Trinajstić information content (AvgIpc) is 2.29. The minimum atomic E-state index is 0.252. The third-order valence-electron chi connectivity index (χ3n) is 3.26. The van der Waals surface area contributed by atoms with Crippen molar-refractivity contribution in [3.05, 3.63) is 35.4 Å². The number of hydrogen-bond acceptors (Lipinski definition) is 2. The normalized spacial score (nSPS) is 22.0. The molecule has 1 aliphatic rings. The lowest BCUT2D eigenvalue weighted by atomic mass is 10.00. The Morgan fingerprint density at radius 3 is 2.59 bits per heavy atom. The Labute approximate surface area is 105 Å². The maximum atomic E-state index is 5.81. The molecule has 1 saturated heterocycles.